The van der Waals surface area contributed by atoms with E-state index in [1.165, 1.54) is 12.0 Å². The predicted octanol–water partition coefficient (Wildman–Crippen LogP) is 4.11. The van der Waals surface area contributed by atoms with Gasteiger partial charge >= 0.3 is 0 Å². The summed E-state index contributed by atoms with van der Waals surface area (Å²) in [6.07, 6.45) is 2.59. The molecule has 0 unspecified atom stereocenters. The molecule has 22 heavy (non-hydrogen) atoms. The molecule has 2 rings (SSSR count). The summed E-state index contributed by atoms with van der Waals surface area (Å²) in [5, 5.41) is 0. The summed E-state index contributed by atoms with van der Waals surface area (Å²) in [5.74, 6) is 0.965. The Morgan fingerprint density at radius 3 is 2.73 bits per heavy atom. The van der Waals surface area contributed by atoms with E-state index in [0.29, 0.717) is 6.42 Å². The summed E-state index contributed by atoms with van der Waals surface area (Å²) < 4.78 is 6.07. The maximum absolute atomic E-state index is 12.8. The molecule has 1 aliphatic rings. The van der Waals surface area contributed by atoms with Gasteiger partial charge in [0.15, 0.2) is 6.10 Å². The minimum atomic E-state index is -0.380. The molecular weight excluding hydrogens is 274 g/mol. The molecule has 1 aromatic rings. The number of aryl methyl sites for hydroxylation is 1. The minimum Gasteiger partial charge on any atom is -0.480 e. The second kappa shape index (κ2) is 6.72. The predicted molar refractivity (Wildman–Crippen MR) is 90.2 cm³/mol. The van der Waals surface area contributed by atoms with Gasteiger partial charge in [-0.1, -0.05) is 32.9 Å². The number of amides is 1. The molecule has 1 atom stereocenters. The van der Waals surface area contributed by atoms with Crippen molar-refractivity contribution in [1.82, 2.24) is 4.90 Å². The third-order valence-corrected chi connectivity index (χ3v) is 4.68. The van der Waals surface area contributed by atoms with Crippen LogP contribution < -0.4 is 4.74 Å². The fourth-order valence-electron chi connectivity index (χ4n) is 3.13. The average molecular weight is 303 g/mol. The van der Waals surface area contributed by atoms with Gasteiger partial charge in [0, 0.05) is 13.1 Å². The summed E-state index contributed by atoms with van der Waals surface area (Å²) in [5.41, 5.74) is 2.53. The SMILES string of the molecule is CC[C@@H](Oc1cccc(C)c1C)C(=O)N1CCCC(C)(C)C1. The lowest BCUT2D eigenvalue weighted by Crippen LogP contribution is -2.49. The Balaban J connectivity index is 2.11. The van der Waals surface area contributed by atoms with Crippen LogP contribution in [0.3, 0.4) is 0 Å². The van der Waals surface area contributed by atoms with Crippen molar-refractivity contribution in [3.8, 4) is 5.75 Å². The van der Waals surface area contributed by atoms with E-state index in [1.807, 2.05) is 30.9 Å². The molecule has 1 saturated heterocycles. The zero-order valence-corrected chi connectivity index (χ0v) is 14.6. The Kier molecular flexibility index (Phi) is 5.15. The highest BCUT2D eigenvalue weighted by atomic mass is 16.5. The summed E-state index contributed by atoms with van der Waals surface area (Å²) in [4.78, 5) is 14.8. The van der Waals surface area contributed by atoms with Gasteiger partial charge in [-0.2, -0.15) is 0 Å². The van der Waals surface area contributed by atoms with Crippen LogP contribution in [0, 0.1) is 19.3 Å². The zero-order valence-electron chi connectivity index (χ0n) is 14.6. The van der Waals surface area contributed by atoms with Crippen molar-refractivity contribution in [2.24, 2.45) is 5.41 Å². The Labute approximate surface area is 134 Å². The molecular formula is C19H29NO2. The molecule has 0 saturated carbocycles. The number of rotatable bonds is 4. The average Bonchev–Trinajstić information content (AvgIpc) is 2.47. The van der Waals surface area contributed by atoms with Crippen molar-refractivity contribution in [3.05, 3.63) is 29.3 Å². The molecule has 1 aliphatic heterocycles. The number of nitrogens with zero attached hydrogens (tertiary/aromatic N) is 1. The highest BCUT2D eigenvalue weighted by molar-refractivity contribution is 5.81. The van der Waals surface area contributed by atoms with Crippen molar-refractivity contribution < 1.29 is 9.53 Å². The van der Waals surface area contributed by atoms with Gasteiger partial charge in [0.05, 0.1) is 0 Å². The van der Waals surface area contributed by atoms with Crippen LogP contribution in [0.1, 0.15) is 51.2 Å². The minimum absolute atomic E-state index is 0.135. The normalized spacial score (nSPS) is 18.9. The summed E-state index contributed by atoms with van der Waals surface area (Å²) in [6.45, 7) is 12.3. The van der Waals surface area contributed by atoms with Crippen molar-refractivity contribution >= 4 is 5.91 Å². The maximum atomic E-state index is 12.8. The smallest absolute Gasteiger partial charge is 0.263 e. The van der Waals surface area contributed by atoms with E-state index in [-0.39, 0.29) is 17.4 Å². The summed E-state index contributed by atoms with van der Waals surface area (Å²) in [6, 6.07) is 6.01. The second-order valence-electron chi connectivity index (χ2n) is 7.24. The van der Waals surface area contributed by atoms with E-state index in [2.05, 4.69) is 26.8 Å². The largest absolute Gasteiger partial charge is 0.480 e. The fraction of sp³-hybridized carbons (Fsp3) is 0.632. The first-order valence-corrected chi connectivity index (χ1v) is 8.36. The fourth-order valence-corrected chi connectivity index (χ4v) is 3.13. The first-order valence-electron chi connectivity index (χ1n) is 8.36. The number of hydrogen-bond donors (Lipinski definition) is 0. The van der Waals surface area contributed by atoms with Crippen LogP contribution in [0.2, 0.25) is 0 Å². The van der Waals surface area contributed by atoms with Gasteiger partial charge in [-0.05, 0) is 55.7 Å². The highest BCUT2D eigenvalue weighted by Crippen LogP contribution is 2.29. The van der Waals surface area contributed by atoms with Crippen molar-refractivity contribution in [2.75, 3.05) is 13.1 Å². The zero-order chi connectivity index (χ0) is 16.3. The van der Waals surface area contributed by atoms with Crippen LogP contribution >= 0.6 is 0 Å². The Hall–Kier alpha value is -1.51. The van der Waals surface area contributed by atoms with Crippen LogP contribution in [-0.4, -0.2) is 30.0 Å². The van der Waals surface area contributed by atoms with Crippen LogP contribution in [0.25, 0.3) is 0 Å². The monoisotopic (exact) mass is 303 g/mol. The second-order valence-corrected chi connectivity index (χ2v) is 7.24. The van der Waals surface area contributed by atoms with E-state index in [9.17, 15) is 4.79 Å². The highest BCUT2D eigenvalue weighted by Gasteiger charge is 2.32. The van der Waals surface area contributed by atoms with Gasteiger partial charge < -0.3 is 9.64 Å². The Morgan fingerprint density at radius 1 is 1.36 bits per heavy atom. The lowest BCUT2D eigenvalue weighted by Gasteiger charge is -2.39. The van der Waals surface area contributed by atoms with Crippen molar-refractivity contribution in [2.45, 2.75) is 60.0 Å². The lowest BCUT2D eigenvalue weighted by atomic mass is 9.84. The molecule has 122 valence electrons. The molecule has 0 radical (unpaired) electrons. The summed E-state index contributed by atoms with van der Waals surface area (Å²) in [7, 11) is 0. The van der Waals surface area contributed by atoms with Gasteiger partial charge in [0.25, 0.3) is 5.91 Å². The van der Waals surface area contributed by atoms with E-state index in [0.717, 1.165) is 30.8 Å². The van der Waals surface area contributed by atoms with Crippen LogP contribution in [0.5, 0.6) is 5.75 Å². The Bertz CT molecular complexity index is 536. The van der Waals surface area contributed by atoms with Crippen LogP contribution in [0.4, 0.5) is 0 Å². The van der Waals surface area contributed by atoms with Gasteiger partial charge in [0.2, 0.25) is 0 Å². The Morgan fingerprint density at radius 2 is 2.09 bits per heavy atom. The first-order chi connectivity index (χ1) is 10.3. The summed E-state index contributed by atoms with van der Waals surface area (Å²) >= 11 is 0. The number of likely N-dealkylation sites (tertiary alicyclic amines) is 1. The number of benzene rings is 1. The lowest BCUT2D eigenvalue weighted by molar-refractivity contribution is -0.142. The standard InChI is InChI=1S/C19H29NO2/c1-6-16(22-17-10-7-9-14(2)15(17)3)18(21)20-12-8-11-19(4,5)13-20/h7,9-10,16H,6,8,11-13H2,1-5H3/t16-/m1/s1. The number of hydrogen-bond acceptors (Lipinski definition) is 2. The molecule has 1 heterocycles. The number of carbonyl (C=O) groups excluding carboxylic acids is 1. The maximum Gasteiger partial charge on any atom is 0.263 e. The quantitative estimate of drug-likeness (QED) is 0.837. The first kappa shape index (κ1) is 16.9. The van der Waals surface area contributed by atoms with Crippen LogP contribution in [0.15, 0.2) is 18.2 Å². The van der Waals surface area contributed by atoms with Gasteiger partial charge in [-0.25, -0.2) is 0 Å². The van der Waals surface area contributed by atoms with E-state index in [4.69, 9.17) is 4.74 Å². The molecule has 0 bridgehead atoms. The molecule has 0 aliphatic carbocycles. The third kappa shape index (κ3) is 3.82. The molecule has 1 amide bonds. The van der Waals surface area contributed by atoms with E-state index in [1.54, 1.807) is 0 Å². The molecule has 3 heteroatoms. The molecule has 0 N–H and O–H groups in total. The van der Waals surface area contributed by atoms with Crippen LogP contribution in [-0.2, 0) is 4.79 Å². The van der Waals surface area contributed by atoms with E-state index >= 15 is 0 Å². The topological polar surface area (TPSA) is 29.5 Å². The molecule has 1 fully saturated rings. The van der Waals surface area contributed by atoms with Gasteiger partial charge in [-0.3, -0.25) is 4.79 Å². The van der Waals surface area contributed by atoms with E-state index < -0.39 is 0 Å². The molecule has 1 aromatic carbocycles. The number of ether oxygens (including phenoxy) is 1. The number of piperidine rings is 1. The van der Waals surface area contributed by atoms with Crippen molar-refractivity contribution in [3.63, 3.8) is 0 Å². The molecule has 0 spiro atoms. The van der Waals surface area contributed by atoms with Gasteiger partial charge in [0.1, 0.15) is 5.75 Å². The van der Waals surface area contributed by atoms with Crippen molar-refractivity contribution in [1.29, 1.82) is 0 Å². The van der Waals surface area contributed by atoms with Gasteiger partial charge in [-0.15, -0.1) is 0 Å². The third-order valence-electron chi connectivity index (χ3n) is 4.68. The molecule has 3 nitrogen and oxygen atoms in total. The number of carbonyl (C=O) groups is 1. The molecule has 0 aromatic heterocycles.